The second-order valence-electron chi connectivity index (χ2n) is 13.9. The van der Waals surface area contributed by atoms with E-state index in [0.717, 1.165) is 11.1 Å². The number of H-pyrrole nitrogens is 1. The Labute approximate surface area is 400 Å². The molecule has 2 rings (SSSR count). The van der Waals surface area contributed by atoms with E-state index in [1.54, 1.807) is 11.1 Å². The number of carbonyl (C=O) groups excluding carboxylic acids is 7. The molecule has 4 atom stereocenters. The molecule has 0 aliphatic rings. The van der Waals surface area contributed by atoms with Crippen LogP contribution in [0.3, 0.4) is 0 Å². The Kier molecular flexibility index (Phi) is 27.8. The number of hydrogen-bond donors (Lipinski definition) is 8. The van der Waals surface area contributed by atoms with Gasteiger partial charge in [0.25, 0.3) is 0 Å². The molecule has 0 saturated heterocycles. The molecule has 0 aliphatic heterocycles. The van der Waals surface area contributed by atoms with E-state index >= 15 is 0 Å². The van der Waals surface area contributed by atoms with Crippen LogP contribution in [0.2, 0.25) is 0 Å². The van der Waals surface area contributed by atoms with Gasteiger partial charge in [-0.3, -0.25) is 28.9 Å². The van der Waals surface area contributed by atoms with Gasteiger partial charge in [0.05, 0.1) is 24.7 Å². The van der Waals surface area contributed by atoms with Gasteiger partial charge >= 0.3 is 0 Å². The summed E-state index contributed by atoms with van der Waals surface area (Å²) in [5.74, 6) is -3.12. The van der Waals surface area contributed by atoms with Gasteiger partial charge in [-0.1, -0.05) is 58.4 Å². The quantitative estimate of drug-likeness (QED) is 0.0642. The Balaban J connectivity index is 0.0000157. The van der Waals surface area contributed by atoms with Gasteiger partial charge in [-0.05, 0) is 29.4 Å². The van der Waals surface area contributed by atoms with Crippen molar-refractivity contribution in [1.29, 1.82) is 0 Å². The van der Waals surface area contributed by atoms with E-state index in [2.05, 4.69) is 61.0 Å². The fraction of sp³-hybridized carbons (Fsp3) is 0.526. The van der Waals surface area contributed by atoms with E-state index in [-0.39, 0.29) is 130 Å². The third-order valence-electron chi connectivity index (χ3n) is 8.65. The van der Waals surface area contributed by atoms with E-state index in [4.69, 9.17) is 0 Å². The Morgan fingerprint density at radius 2 is 1.32 bits per heavy atom. The molecule has 0 radical (unpaired) electrons. The van der Waals surface area contributed by atoms with Crippen LogP contribution < -0.4 is 37.2 Å². The molecule has 0 bridgehead atoms. The minimum atomic E-state index is -0.961. The number of hydrogen-bond acceptors (Lipinski definition) is 9. The predicted octanol–water partition coefficient (Wildman–Crippen LogP) is -0.346. The van der Waals surface area contributed by atoms with E-state index in [9.17, 15) is 33.6 Å². The molecule has 8 N–H and O–H groups in total. The number of imidazole rings is 1. The molecule has 0 aliphatic carbocycles. The normalized spacial score (nSPS) is 12.7. The van der Waals surface area contributed by atoms with Crippen LogP contribution >= 0.6 is 0 Å². The summed E-state index contributed by atoms with van der Waals surface area (Å²) < 4.78 is 0. The smallest absolute Gasteiger partial charge is 0.243 e. The summed E-state index contributed by atoms with van der Waals surface area (Å²) >= 11 is 0. The van der Waals surface area contributed by atoms with Gasteiger partial charge in [-0.15, -0.1) is 0 Å². The van der Waals surface area contributed by atoms with Gasteiger partial charge < -0.3 is 65.6 Å². The second-order valence-corrected chi connectivity index (χ2v) is 13.9. The first kappa shape index (κ1) is 54.1. The van der Waals surface area contributed by atoms with Crippen LogP contribution in [0.15, 0.2) is 36.8 Å². The number of nitrogens with one attached hydrogen (secondary N) is 8. The largest absolute Gasteiger partial charge is 0.380 e. The zero-order chi connectivity index (χ0) is 40.9. The van der Waals surface area contributed by atoms with Crippen LogP contribution in [0.5, 0.6) is 0 Å². The van der Waals surface area contributed by atoms with Crippen molar-refractivity contribution in [2.45, 2.75) is 85.1 Å². The monoisotopic (exact) mass is 1080 g/mol. The fourth-order valence-electron chi connectivity index (χ4n) is 5.51. The summed E-state index contributed by atoms with van der Waals surface area (Å²) in [5, 5.41) is 19.2. The van der Waals surface area contributed by atoms with Gasteiger partial charge in [0.2, 0.25) is 29.5 Å². The summed E-state index contributed by atoms with van der Waals surface area (Å²) in [6.07, 6.45) is 4.10. The topological polar surface area (TPSA) is 236 Å². The zero-order valence-electron chi connectivity index (χ0n) is 33.3. The molecule has 2 aromatic rings. The molecule has 0 spiro atoms. The first-order valence-corrected chi connectivity index (χ1v) is 18.5. The summed E-state index contributed by atoms with van der Waals surface area (Å²) in [6.45, 7) is 17.3. The van der Waals surface area contributed by atoms with Crippen LogP contribution in [0, 0.1) is 106 Å². The first-order valence-electron chi connectivity index (χ1n) is 18.5. The number of amides is 7. The third kappa shape index (κ3) is 22.7. The van der Waals surface area contributed by atoms with Crippen molar-refractivity contribution in [3.8, 4) is 0 Å². The molecule has 19 heteroatoms. The summed E-state index contributed by atoms with van der Waals surface area (Å²) in [7, 11) is 0. The maximum Gasteiger partial charge on any atom is 0.243 e. The molecule has 0 saturated carbocycles. The Bertz CT molecular complexity index is 1540. The SMILES string of the molecule is [CH2-]C(=O)NCCN(CCNC([CH2-])=O)CC(=O)NCc1ccc(CNC(=O)[C@H](CC(C)C)NC(=O)[C@@H](NC(=O)[C@H](Cc2cnc[nH]2)NC(C)=O)C(C)CC)cc1.[Gd].[Gd]. The van der Waals surface area contributed by atoms with Crippen LogP contribution in [-0.4, -0.2) is 107 Å². The number of aromatic amines is 1. The van der Waals surface area contributed by atoms with Crippen molar-refractivity contribution >= 4 is 41.4 Å². The predicted molar refractivity (Wildman–Crippen MR) is 206 cm³/mol. The van der Waals surface area contributed by atoms with Crippen molar-refractivity contribution in [3.05, 3.63) is 67.5 Å². The van der Waals surface area contributed by atoms with Crippen molar-refractivity contribution in [3.63, 3.8) is 0 Å². The summed E-state index contributed by atoms with van der Waals surface area (Å²) in [6, 6.07) is 4.55. The molecule has 0 fully saturated rings. The molecule has 1 aromatic carbocycles. The third-order valence-corrected chi connectivity index (χ3v) is 8.65. The molecule has 1 unspecified atom stereocenters. The Hall–Kier alpha value is -2.93. The number of benzene rings is 1. The first-order chi connectivity index (χ1) is 26.1. The number of aromatic nitrogens is 2. The number of carbonyl (C=O) groups is 7. The average Bonchev–Trinajstić information content (AvgIpc) is 3.63. The van der Waals surface area contributed by atoms with E-state index in [1.165, 1.54) is 13.3 Å². The van der Waals surface area contributed by atoms with Gasteiger partial charge in [0.1, 0.15) is 18.1 Å². The molecule has 1 heterocycles. The Morgan fingerprint density at radius 1 is 0.754 bits per heavy atom. The van der Waals surface area contributed by atoms with Crippen molar-refractivity contribution < 1.29 is 113 Å². The minimum absolute atomic E-state index is 0. The standard InChI is InChI=1S/C38H58N10O7.2Gd/c1-8-25(4)35(47-37(54)33(45-28(7)51)18-31-21-39-23-44-31)38(55)46-32(17-24(2)3)36(53)43-20-30-11-9-29(10-12-30)19-42-34(52)22-48(15-13-40-26(5)49)16-14-41-27(6)50;;/h9-12,21,23-25,32-33,35H,5-6,8,13-20,22H2,1-4,7H3,(H,39,44)(H,40,49)(H,41,50)(H,42,52)(H,43,53)(H,45,51)(H,46,55)(H,47,54);;/q-2;;/t25?,32-,33-,35-;;/m0../s1. The van der Waals surface area contributed by atoms with Crippen molar-refractivity contribution in [2.24, 2.45) is 11.8 Å². The molecular formula is C38H58Gd2N10O7-2. The van der Waals surface area contributed by atoms with Crippen LogP contribution in [0.4, 0.5) is 0 Å². The molecule has 1 aromatic heterocycles. The molecule has 320 valence electrons. The minimum Gasteiger partial charge on any atom is -0.380 e. The molecule has 7 amide bonds. The molecule has 57 heavy (non-hydrogen) atoms. The van der Waals surface area contributed by atoms with E-state index < -0.39 is 47.7 Å². The van der Waals surface area contributed by atoms with Gasteiger partial charge in [0.15, 0.2) is 0 Å². The molecular weight excluding hydrogens is 1020 g/mol. The van der Waals surface area contributed by atoms with E-state index in [1.807, 2.05) is 52.0 Å². The van der Waals surface area contributed by atoms with Gasteiger partial charge in [-0.25, -0.2) is 4.98 Å². The van der Waals surface area contributed by atoms with Gasteiger partial charge in [-0.2, -0.15) is 0 Å². The maximum atomic E-state index is 13.7. The van der Waals surface area contributed by atoms with Gasteiger partial charge in [0, 0.05) is 144 Å². The van der Waals surface area contributed by atoms with Crippen LogP contribution in [0.25, 0.3) is 0 Å². The zero-order valence-corrected chi connectivity index (χ0v) is 37.8. The average molecular weight is 1080 g/mol. The maximum absolute atomic E-state index is 13.7. The second kappa shape index (κ2) is 29.3. The van der Waals surface area contributed by atoms with Crippen molar-refractivity contribution in [2.75, 3.05) is 32.7 Å². The number of nitrogens with zero attached hydrogens (tertiary/aromatic N) is 2. The summed E-state index contributed by atoms with van der Waals surface area (Å²) in [4.78, 5) is 96.0. The van der Waals surface area contributed by atoms with Crippen LogP contribution in [-0.2, 0) is 53.1 Å². The van der Waals surface area contributed by atoms with E-state index in [0.29, 0.717) is 44.7 Å². The fourth-order valence-corrected chi connectivity index (χ4v) is 5.51. The van der Waals surface area contributed by atoms with Crippen LogP contribution in [0.1, 0.15) is 64.3 Å². The Morgan fingerprint density at radius 3 is 1.79 bits per heavy atom. The van der Waals surface area contributed by atoms with Crippen molar-refractivity contribution in [1.82, 2.24) is 52.1 Å². The molecule has 17 nitrogen and oxygen atoms in total. The summed E-state index contributed by atoms with van der Waals surface area (Å²) in [5.41, 5.74) is 2.27. The number of rotatable bonds is 24.